The van der Waals surface area contributed by atoms with Gasteiger partial charge in [-0.25, -0.2) is 4.79 Å². The molecule has 0 fully saturated rings. The Morgan fingerprint density at radius 3 is 2.55 bits per heavy atom. The van der Waals surface area contributed by atoms with Crippen LogP contribution in [0.1, 0.15) is 20.3 Å². The molecule has 0 rings (SSSR count). The first kappa shape index (κ1) is 10.0. The molecule has 3 heteroatoms. The van der Waals surface area contributed by atoms with Gasteiger partial charge in [0.2, 0.25) is 0 Å². The van der Waals surface area contributed by atoms with E-state index in [0.717, 1.165) is 0 Å². The van der Waals surface area contributed by atoms with Crippen molar-refractivity contribution in [2.75, 3.05) is 7.11 Å². The third kappa shape index (κ3) is 4.42. The van der Waals surface area contributed by atoms with Gasteiger partial charge in [0.25, 0.3) is 0 Å². The third-order valence-electron chi connectivity index (χ3n) is 1.16. The zero-order valence-electron chi connectivity index (χ0n) is 7.22. The molecule has 0 atom stereocenters. The van der Waals surface area contributed by atoms with Crippen LogP contribution in [-0.4, -0.2) is 18.9 Å². The van der Waals surface area contributed by atoms with E-state index in [0.29, 0.717) is 6.42 Å². The van der Waals surface area contributed by atoms with E-state index in [1.165, 1.54) is 7.11 Å². The van der Waals surface area contributed by atoms with Gasteiger partial charge in [0.15, 0.2) is 0 Å². The number of ether oxygens (including phenoxy) is 2. The van der Waals surface area contributed by atoms with Gasteiger partial charge >= 0.3 is 6.16 Å². The average molecular weight is 158 g/mol. The Hall–Kier alpha value is -0.990. The van der Waals surface area contributed by atoms with E-state index < -0.39 is 11.8 Å². The van der Waals surface area contributed by atoms with E-state index in [1.54, 1.807) is 19.9 Å². The molecule has 64 valence electrons. The molecule has 0 aliphatic rings. The number of carbonyl (C=O) groups excluding carboxylic acids is 1. The number of rotatable bonds is 3. The zero-order valence-corrected chi connectivity index (χ0v) is 7.22. The highest BCUT2D eigenvalue weighted by atomic mass is 16.7. The quantitative estimate of drug-likeness (QED) is 0.466. The molecule has 0 spiro atoms. The van der Waals surface area contributed by atoms with Gasteiger partial charge in [0, 0.05) is 6.42 Å². The molecule has 3 nitrogen and oxygen atoms in total. The van der Waals surface area contributed by atoms with Crippen LogP contribution in [0.25, 0.3) is 0 Å². The molecule has 0 aromatic heterocycles. The number of methoxy groups -OCH3 is 1. The second-order valence-corrected chi connectivity index (χ2v) is 2.81. The van der Waals surface area contributed by atoms with Crippen molar-refractivity contribution in [3.05, 3.63) is 12.7 Å². The minimum absolute atomic E-state index is 0.519. The lowest BCUT2D eigenvalue weighted by Gasteiger charge is -2.21. The van der Waals surface area contributed by atoms with Crippen molar-refractivity contribution in [3.63, 3.8) is 0 Å². The lowest BCUT2D eigenvalue weighted by Crippen LogP contribution is -2.27. The highest BCUT2D eigenvalue weighted by Gasteiger charge is 2.21. The summed E-state index contributed by atoms with van der Waals surface area (Å²) in [5, 5.41) is 0. The summed E-state index contributed by atoms with van der Waals surface area (Å²) >= 11 is 0. The van der Waals surface area contributed by atoms with Crippen LogP contribution >= 0.6 is 0 Å². The topological polar surface area (TPSA) is 35.5 Å². The van der Waals surface area contributed by atoms with Gasteiger partial charge in [-0.15, -0.1) is 6.58 Å². The smallest absolute Gasteiger partial charge is 0.438 e. The summed E-state index contributed by atoms with van der Waals surface area (Å²) in [4.78, 5) is 10.6. The van der Waals surface area contributed by atoms with Gasteiger partial charge in [0.05, 0.1) is 7.11 Å². The average Bonchev–Trinajstić information content (AvgIpc) is 1.86. The number of hydrogen-bond acceptors (Lipinski definition) is 3. The predicted octanol–water partition coefficient (Wildman–Crippen LogP) is 2.12. The maximum atomic E-state index is 10.6. The number of hydrogen-bond donors (Lipinski definition) is 0. The monoisotopic (exact) mass is 158 g/mol. The Bertz CT molecular complexity index is 149. The second kappa shape index (κ2) is 4.01. The molecule has 0 amide bonds. The fourth-order valence-corrected chi connectivity index (χ4v) is 0.657. The standard InChI is InChI=1S/C8H14O3/c1-5-6-8(2,3)11-7(9)10-4/h5H,1,6H2,2-4H3. The first-order chi connectivity index (χ1) is 5.02. The largest absolute Gasteiger partial charge is 0.508 e. The zero-order chi connectivity index (χ0) is 8.91. The van der Waals surface area contributed by atoms with Crippen molar-refractivity contribution in [1.29, 1.82) is 0 Å². The maximum absolute atomic E-state index is 10.6. The van der Waals surface area contributed by atoms with E-state index >= 15 is 0 Å². The van der Waals surface area contributed by atoms with Crippen LogP contribution in [-0.2, 0) is 9.47 Å². The highest BCUT2D eigenvalue weighted by molar-refractivity contribution is 5.60. The first-order valence-electron chi connectivity index (χ1n) is 3.39. The molecule has 0 radical (unpaired) electrons. The van der Waals surface area contributed by atoms with Crippen molar-refractivity contribution < 1.29 is 14.3 Å². The van der Waals surface area contributed by atoms with Gasteiger partial charge in [-0.05, 0) is 13.8 Å². The summed E-state index contributed by atoms with van der Waals surface area (Å²) in [6.45, 7) is 7.14. The molecule has 0 saturated heterocycles. The number of carbonyl (C=O) groups is 1. The normalized spacial score (nSPS) is 10.5. The van der Waals surface area contributed by atoms with Crippen LogP contribution in [0.3, 0.4) is 0 Å². The summed E-state index contributed by atoms with van der Waals surface area (Å²) in [5.41, 5.74) is -0.519. The maximum Gasteiger partial charge on any atom is 0.508 e. The molecule has 0 unspecified atom stereocenters. The van der Waals surface area contributed by atoms with Crippen LogP contribution in [0, 0.1) is 0 Å². The second-order valence-electron chi connectivity index (χ2n) is 2.81. The van der Waals surface area contributed by atoms with Crippen LogP contribution in [0.15, 0.2) is 12.7 Å². The van der Waals surface area contributed by atoms with Crippen LogP contribution in [0.5, 0.6) is 0 Å². The van der Waals surface area contributed by atoms with Crippen molar-refractivity contribution >= 4 is 6.16 Å². The van der Waals surface area contributed by atoms with Crippen molar-refractivity contribution in [2.45, 2.75) is 25.9 Å². The molecule has 0 aromatic carbocycles. The molecular weight excluding hydrogens is 144 g/mol. The fourth-order valence-electron chi connectivity index (χ4n) is 0.657. The van der Waals surface area contributed by atoms with Gasteiger partial charge < -0.3 is 9.47 Å². The SMILES string of the molecule is C=CCC(C)(C)OC(=O)OC. The summed E-state index contributed by atoms with van der Waals surface area (Å²) in [6, 6.07) is 0. The molecule has 0 aliphatic carbocycles. The van der Waals surface area contributed by atoms with E-state index in [1.807, 2.05) is 0 Å². The highest BCUT2D eigenvalue weighted by Crippen LogP contribution is 2.15. The fraction of sp³-hybridized carbons (Fsp3) is 0.625. The van der Waals surface area contributed by atoms with E-state index in [-0.39, 0.29) is 0 Å². The van der Waals surface area contributed by atoms with Gasteiger partial charge in [-0.1, -0.05) is 6.08 Å². The lowest BCUT2D eigenvalue weighted by atomic mass is 10.1. The Labute approximate surface area is 67.0 Å². The summed E-state index contributed by atoms with van der Waals surface area (Å²) < 4.78 is 9.23. The Balaban J connectivity index is 3.89. The van der Waals surface area contributed by atoms with Crippen molar-refractivity contribution in [2.24, 2.45) is 0 Å². The van der Waals surface area contributed by atoms with Gasteiger partial charge in [-0.2, -0.15) is 0 Å². The summed E-state index contributed by atoms with van der Waals surface area (Å²) in [5.74, 6) is 0. The van der Waals surface area contributed by atoms with Crippen molar-refractivity contribution in [1.82, 2.24) is 0 Å². The molecule has 0 saturated carbocycles. The van der Waals surface area contributed by atoms with Gasteiger partial charge in [0.1, 0.15) is 5.60 Å². The lowest BCUT2D eigenvalue weighted by molar-refractivity contribution is -0.00495. The van der Waals surface area contributed by atoms with Crippen molar-refractivity contribution in [3.8, 4) is 0 Å². The van der Waals surface area contributed by atoms with E-state index in [4.69, 9.17) is 4.74 Å². The molecule has 0 N–H and O–H groups in total. The molecule has 0 bridgehead atoms. The Morgan fingerprint density at radius 1 is 1.64 bits per heavy atom. The molecule has 11 heavy (non-hydrogen) atoms. The molecule has 0 aromatic rings. The summed E-state index contributed by atoms with van der Waals surface area (Å²) in [7, 11) is 1.28. The Morgan fingerprint density at radius 2 is 2.18 bits per heavy atom. The van der Waals surface area contributed by atoms with Gasteiger partial charge in [-0.3, -0.25) is 0 Å². The summed E-state index contributed by atoms with van der Waals surface area (Å²) in [6.07, 6.45) is 1.65. The predicted molar refractivity (Wildman–Crippen MR) is 42.4 cm³/mol. The van der Waals surface area contributed by atoms with Crippen LogP contribution in [0.4, 0.5) is 4.79 Å². The minimum atomic E-state index is -0.656. The Kier molecular flexibility index (Phi) is 3.65. The first-order valence-corrected chi connectivity index (χ1v) is 3.39. The van der Waals surface area contributed by atoms with Crippen LogP contribution in [0.2, 0.25) is 0 Å². The molecular formula is C8H14O3. The minimum Gasteiger partial charge on any atom is -0.438 e. The molecule has 0 heterocycles. The van der Waals surface area contributed by atoms with Crippen LogP contribution < -0.4 is 0 Å². The van der Waals surface area contributed by atoms with E-state index in [9.17, 15) is 4.79 Å². The third-order valence-corrected chi connectivity index (χ3v) is 1.16. The molecule has 0 aliphatic heterocycles. The van der Waals surface area contributed by atoms with E-state index in [2.05, 4.69) is 11.3 Å².